The summed E-state index contributed by atoms with van der Waals surface area (Å²) in [4.78, 5) is 23.5. The molecule has 1 aromatic rings. The summed E-state index contributed by atoms with van der Waals surface area (Å²) in [6.07, 6.45) is 3.48. The first-order chi connectivity index (χ1) is 8.79. The zero-order valence-corrected chi connectivity index (χ0v) is 11.8. The highest BCUT2D eigenvalue weighted by Crippen LogP contribution is 2.20. The number of carbonyl (C=O) groups is 2. The van der Waals surface area contributed by atoms with Crippen molar-refractivity contribution >= 4 is 35.2 Å². The lowest BCUT2D eigenvalue weighted by Crippen LogP contribution is -2.51. The molecule has 0 radical (unpaired) electrons. The Morgan fingerprint density at radius 1 is 1.21 bits per heavy atom. The second-order valence-corrected chi connectivity index (χ2v) is 5.68. The van der Waals surface area contributed by atoms with Gasteiger partial charge in [-0.15, -0.1) is 0 Å². The molecule has 2 heterocycles. The number of hydrogen-bond acceptors (Lipinski definition) is 3. The maximum Gasteiger partial charge on any atom is 0.263 e. The van der Waals surface area contributed by atoms with E-state index < -0.39 is 11.8 Å². The van der Waals surface area contributed by atoms with Gasteiger partial charge in [0.25, 0.3) is 11.8 Å². The lowest BCUT2D eigenvalue weighted by molar-refractivity contribution is -0.123. The Hall–Kier alpha value is -1.95. The van der Waals surface area contributed by atoms with Gasteiger partial charge in [-0.05, 0) is 51.2 Å². The summed E-state index contributed by atoms with van der Waals surface area (Å²) in [6.45, 7) is 6.14. The molecule has 0 atom stereocenters. The highest BCUT2D eigenvalue weighted by molar-refractivity contribution is 7.80. The number of nitrogens with zero attached hydrogens (tertiary/aromatic N) is 1. The Morgan fingerprint density at radius 2 is 1.79 bits per heavy atom. The first kappa shape index (κ1) is 13.5. The van der Waals surface area contributed by atoms with Gasteiger partial charge in [0.1, 0.15) is 5.57 Å². The van der Waals surface area contributed by atoms with E-state index in [9.17, 15) is 9.59 Å². The van der Waals surface area contributed by atoms with Crippen molar-refractivity contribution in [3.8, 4) is 0 Å². The second-order valence-electron chi connectivity index (χ2n) is 5.27. The highest BCUT2D eigenvalue weighted by Gasteiger charge is 2.26. The van der Waals surface area contributed by atoms with E-state index >= 15 is 0 Å². The molecule has 1 aliphatic rings. The minimum absolute atomic E-state index is 0.0401. The zero-order chi connectivity index (χ0) is 14.2. The molecule has 2 N–H and O–H groups in total. The fourth-order valence-electron chi connectivity index (χ4n) is 1.88. The van der Waals surface area contributed by atoms with Crippen LogP contribution in [0.5, 0.6) is 0 Å². The van der Waals surface area contributed by atoms with E-state index in [1.165, 1.54) is 0 Å². The van der Waals surface area contributed by atoms with E-state index in [-0.39, 0.29) is 16.2 Å². The predicted molar refractivity (Wildman–Crippen MR) is 76.3 cm³/mol. The molecule has 0 spiro atoms. The van der Waals surface area contributed by atoms with Crippen LogP contribution >= 0.6 is 12.2 Å². The monoisotopic (exact) mass is 277 g/mol. The summed E-state index contributed by atoms with van der Waals surface area (Å²) in [6, 6.07) is 3.73. The van der Waals surface area contributed by atoms with Crippen molar-refractivity contribution in [1.82, 2.24) is 15.2 Å². The molecule has 0 aromatic carbocycles. The maximum absolute atomic E-state index is 11.8. The van der Waals surface area contributed by atoms with Crippen molar-refractivity contribution in [2.45, 2.75) is 26.3 Å². The van der Waals surface area contributed by atoms with Crippen molar-refractivity contribution in [3.05, 3.63) is 29.6 Å². The number of hydrogen-bond donors (Lipinski definition) is 2. The normalized spacial score (nSPS) is 16.2. The van der Waals surface area contributed by atoms with Crippen LogP contribution in [-0.2, 0) is 15.1 Å². The zero-order valence-electron chi connectivity index (χ0n) is 11.0. The molecule has 2 rings (SSSR count). The summed E-state index contributed by atoms with van der Waals surface area (Å²) in [5.74, 6) is -0.953. The number of nitrogens with one attached hydrogen (secondary N) is 2. The lowest BCUT2D eigenvalue weighted by Gasteiger charge is -2.24. The number of aromatic nitrogens is 1. The van der Waals surface area contributed by atoms with Crippen LogP contribution < -0.4 is 10.6 Å². The third-order valence-electron chi connectivity index (χ3n) is 2.74. The summed E-state index contributed by atoms with van der Waals surface area (Å²) >= 11 is 4.75. The summed E-state index contributed by atoms with van der Waals surface area (Å²) in [7, 11) is 0. The summed E-state index contributed by atoms with van der Waals surface area (Å²) < 4.78 is 1.99. The third-order valence-corrected chi connectivity index (χ3v) is 2.94. The van der Waals surface area contributed by atoms with E-state index in [4.69, 9.17) is 12.2 Å². The SMILES string of the molecule is CC(C)(C)n1cccc1C=C1C(=O)NC(=S)NC1=O. The molecule has 0 saturated carbocycles. The third kappa shape index (κ3) is 2.73. The van der Waals surface area contributed by atoms with Gasteiger partial charge in [0.15, 0.2) is 5.11 Å². The van der Waals surface area contributed by atoms with Crippen LogP contribution in [0.4, 0.5) is 0 Å². The van der Waals surface area contributed by atoms with Gasteiger partial charge in [0.2, 0.25) is 0 Å². The Kier molecular flexibility index (Phi) is 3.28. The van der Waals surface area contributed by atoms with Gasteiger partial charge in [-0.3, -0.25) is 20.2 Å². The van der Waals surface area contributed by atoms with Gasteiger partial charge in [0.05, 0.1) is 0 Å². The minimum atomic E-state index is -0.476. The van der Waals surface area contributed by atoms with Gasteiger partial charge in [-0.25, -0.2) is 0 Å². The first-order valence-electron chi connectivity index (χ1n) is 5.85. The molecule has 2 amide bonds. The Morgan fingerprint density at radius 3 is 2.32 bits per heavy atom. The van der Waals surface area contributed by atoms with Crippen molar-refractivity contribution in [2.24, 2.45) is 0 Å². The van der Waals surface area contributed by atoms with Crippen molar-refractivity contribution < 1.29 is 9.59 Å². The van der Waals surface area contributed by atoms with Crippen LogP contribution in [-0.4, -0.2) is 21.5 Å². The molecule has 19 heavy (non-hydrogen) atoms. The molecule has 1 saturated heterocycles. The van der Waals surface area contributed by atoms with E-state index in [1.54, 1.807) is 6.08 Å². The summed E-state index contributed by atoms with van der Waals surface area (Å²) in [5.41, 5.74) is 0.714. The molecule has 100 valence electrons. The molecule has 1 fully saturated rings. The highest BCUT2D eigenvalue weighted by atomic mass is 32.1. The largest absolute Gasteiger partial charge is 0.343 e. The van der Waals surface area contributed by atoms with Crippen LogP contribution in [0.1, 0.15) is 26.5 Å². The van der Waals surface area contributed by atoms with Crippen LogP contribution in [0, 0.1) is 0 Å². The topological polar surface area (TPSA) is 63.1 Å². The van der Waals surface area contributed by atoms with E-state index in [0.717, 1.165) is 5.69 Å². The molecule has 1 aromatic heterocycles. The van der Waals surface area contributed by atoms with Crippen molar-refractivity contribution in [3.63, 3.8) is 0 Å². The van der Waals surface area contributed by atoms with Gasteiger partial charge in [0, 0.05) is 17.4 Å². The van der Waals surface area contributed by atoms with Crippen LogP contribution in [0.15, 0.2) is 23.9 Å². The maximum atomic E-state index is 11.8. The Balaban J connectivity index is 2.42. The molecule has 6 heteroatoms. The van der Waals surface area contributed by atoms with E-state index in [0.29, 0.717) is 0 Å². The average molecular weight is 277 g/mol. The summed E-state index contributed by atoms with van der Waals surface area (Å²) in [5, 5.41) is 4.87. The molecular weight excluding hydrogens is 262 g/mol. The fourth-order valence-corrected chi connectivity index (χ4v) is 2.06. The van der Waals surface area contributed by atoms with Crippen LogP contribution in [0.2, 0.25) is 0 Å². The van der Waals surface area contributed by atoms with Crippen LogP contribution in [0.25, 0.3) is 6.08 Å². The van der Waals surface area contributed by atoms with Gasteiger partial charge >= 0.3 is 0 Å². The number of carbonyl (C=O) groups excluding carboxylic acids is 2. The minimum Gasteiger partial charge on any atom is -0.343 e. The number of rotatable bonds is 1. The van der Waals surface area contributed by atoms with Crippen molar-refractivity contribution in [1.29, 1.82) is 0 Å². The first-order valence-corrected chi connectivity index (χ1v) is 6.26. The molecule has 0 bridgehead atoms. The Labute approximate surface area is 116 Å². The molecule has 0 unspecified atom stereocenters. The van der Waals surface area contributed by atoms with Gasteiger partial charge < -0.3 is 4.57 Å². The van der Waals surface area contributed by atoms with Gasteiger partial charge in [-0.1, -0.05) is 0 Å². The number of thiocarbonyl (C=S) groups is 1. The lowest BCUT2D eigenvalue weighted by atomic mass is 10.1. The predicted octanol–water partition coefficient (Wildman–Crippen LogP) is 1.16. The average Bonchev–Trinajstić information content (AvgIpc) is 2.70. The Bertz CT molecular complexity index is 571. The molecule has 1 aliphatic heterocycles. The van der Waals surface area contributed by atoms with E-state index in [1.807, 2.05) is 43.7 Å². The standard InChI is InChI=1S/C13H15N3O2S/c1-13(2,3)16-6-4-5-8(16)7-9-10(17)14-12(19)15-11(9)18/h4-7H,1-3H3,(H2,14,15,17,18,19). The molecule has 5 nitrogen and oxygen atoms in total. The smallest absolute Gasteiger partial charge is 0.263 e. The van der Waals surface area contributed by atoms with Crippen LogP contribution in [0.3, 0.4) is 0 Å². The van der Waals surface area contributed by atoms with Gasteiger partial charge in [-0.2, -0.15) is 0 Å². The van der Waals surface area contributed by atoms with Crippen molar-refractivity contribution in [2.75, 3.05) is 0 Å². The molecule has 0 aliphatic carbocycles. The number of amides is 2. The van der Waals surface area contributed by atoms with E-state index in [2.05, 4.69) is 10.6 Å². The molecular formula is C13H15N3O2S. The second kappa shape index (κ2) is 4.62. The quantitative estimate of drug-likeness (QED) is 0.460. The fraction of sp³-hybridized carbons (Fsp3) is 0.308.